The standard InChI is InChI=1S/C16H25Br/c1-6-15(17)12(2)11-13-7-9-14(10-8-13)16(3,4)5/h7-10,12,15H,6,11H2,1-5H3. The Labute approximate surface area is 115 Å². The van der Waals surface area contributed by atoms with Crippen LogP contribution in [0.15, 0.2) is 24.3 Å². The Morgan fingerprint density at radius 1 is 1.12 bits per heavy atom. The molecule has 2 atom stereocenters. The molecule has 96 valence electrons. The van der Waals surface area contributed by atoms with Gasteiger partial charge >= 0.3 is 0 Å². The average Bonchev–Trinajstić information content (AvgIpc) is 2.27. The number of alkyl halides is 1. The van der Waals surface area contributed by atoms with Crippen LogP contribution in [0, 0.1) is 5.92 Å². The van der Waals surface area contributed by atoms with Gasteiger partial charge in [0.15, 0.2) is 0 Å². The zero-order valence-corrected chi connectivity index (χ0v) is 13.3. The predicted molar refractivity (Wildman–Crippen MR) is 81.0 cm³/mol. The van der Waals surface area contributed by atoms with E-state index >= 15 is 0 Å². The molecule has 1 heteroatoms. The van der Waals surface area contributed by atoms with Gasteiger partial charge in [-0.25, -0.2) is 0 Å². The molecule has 0 N–H and O–H groups in total. The van der Waals surface area contributed by atoms with E-state index in [0.29, 0.717) is 10.7 Å². The lowest BCUT2D eigenvalue weighted by Crippen LogP contribution is -2.13. The van der Waals surface area contributed by atoms with Gasteiger partial charge in [-0.15, -0.1) is 0 Å². The number of hydrogen-bond donors (Lipinski definition) is 0. The van der Waals surface area contributed by atoms with Crippen LogP contribution in [0.3, 0.4) is 0 Å². The minimum Gasteiger partial charge on any atom is -0.0888 e. The van der Waals surface area contributed by atoms with Gasteiger partial charge in [0, 0.05) is 4.83 Å². The fourth-order valence-corrected chi connectivity index (χ4v) is 2.23. The highest BCUT2D eigenvalue weighted by molar-refractivity contribution is 9.09. The van der Waals surface area contributed by atoms with Gasteiger partial charge in [0.05, 0.1) is 0 Å². The molecule has 1 aromatic carbocycles. The quantitative estimate of drug-likeness (QED) is 0.658. The van der Waals surface area contributed by atoms with E-state index in [1.54, 1.807) is 0 Å². The Balaban J connectivity index is 2.69. The molecule has 0 aromatic heterocycles. The maximum atomic E-state index is 3.75. The van der Waals surface area contributed by atoms with Crippen LogP contribution in [0.25, 0.3) is 0 Å². The van der Waals surface area contributed by atoms with Crippen LogP contribution in [-0.4, -0.2) is 4.83 Å². The number of benzene rings is 1. The number of halogens is 1. The van der Waals surface area contributed by atoms with Crippen molar-refractivity contribution in [3.05, 3.63) is 35.4 Å². The Morgan fingerprint density at radius 3 is 2.06 bits per heavy atom. The number of hydrogen-bond acceptors (Lipinski definition) is 0. The number of rotatable bonds is 4. The Hall–Kier alpha value is -0.300. The van der Waals surface area contributed by atoms with Crippen molar-refractivity contribution in [2.45, 2.75) is 57.7 Å². The van der Waals surface area contributed by atoms with E-state index in [1.165, 1.54) is 17.5 Å². The summed E-state index contributed by atoms with van der Waals surface area (Å²) in [5.41, 5.74) is 3.12. The van der Waals surface area contributed by atoms with E-state index in [-0.39, 0.29) is 5.41 Å². The summed E-state index contributed by atoms with van der Waals surface area (Å²) >= 11 is 3.75. The molecular weight excluding hydrogens is 272 g/mol. The lowest BCUT2D eigenvalue weighted by molar-refractivity contribution is 0.544. The molecule has 0 saturated carbocycles. The summed E-state index contributed by atoms with van der Waals surface area (Å²) < 4.78 is 0. The van der Waals surface area contributed by atoms with Crippen molar-refractivity contribution >= 4 is 15.9 Å². The van der Waals surface area contributed by atoms with E-state index in [9.17, 15) is 0 Å². The monoisotopic (exact) mass is 296 g/mol. The maximum Gasteiger partial charge on any atom is 0.0172 e. The molecule has 0 aliphatic carbocycles. The molecule has 0 radical (unpaired) electrons. The second-order valence-corrected chi connectivity index (χ2v) is 7.23. The molecule has 17 heavy (non-hydrogen) atoms. The second-order valence-electron chi connectivity index (χ2n) is 6.05. The molecule has 0 aliphatic heterocycles. The fraction of sp³-hybridized carbons (Fsp3) is 0.625. The molecule has 0 bridgehead atoms. The third kappa shape index (κ3) is 4.46. The van der Waals surface area contributed by atoms with Crippen LogP contribution in [0.5, 0.6) is 0 Å². The second kappa shape index (κ2) is 6.04. The largest absolute Gasteiger partial charge is 0.0888 e. The van der Waals surface area contributed by atoms with Gasteiger partial charge in [-0.3, -0.25) is 0 Å². The summed E-state index contributed by atoms with van der Waals surface area (Å²) in [5, 5.41) is 0. The van der Waals surface area contributed by atoms with Crippen molar-refractivity contribution in [1.82, 2.24) is 0 Å². The first kappa shape index (κ1) is 14.8. The smallest absolute Gasteiger partial charge is 0.0172 e. The van der Waals surface area contributed by atoms with Crippen molar-refractivity contribution in [3.8, 4) is 0 Å². The molecule has 0 spiro atoms. The molecule has 0 fully saturated rings. The highest BCUT2D eigenvalue weighted by Crippen LogP contribution is 2.24. The van der Waals surface area contributed by atoms with Crippen LogP contribution in [0.1, 0.15) is 52.2 Å². The molecule has 1 aromatic rings. The molecule has 0 aliphatic rings. The van der Waals surface area contributed by atoms with Gasteiger partial charge in [0.2, 0.25) is 0 Å². The van der Waals surface area contributed by atoms with Crippen LogP contribution in [0.2, 0.25) is 0 Å². The third-order valence-corrected chi connectivity index (χ3v) is 4.94. The highest BCUT2D eigenvalue weighted by Gasteiger charge is 2.15. The SMILES string of the molecule is CCC(Br)C(C)Cc1ccc(C(C)(C)C)cc1. The van der Waals surface area contributed by atoms with Crippen LogP contribution >= 0.6 is 15.9 Å². The normalized spacial score (nSPS) is 15.6. The van der Waals surface area contributed by atoms with E-state index in [4.69, 9.17) is 0 Å². The molecule has 0 heterocycles. The Morgan fingerprint density at radius 2 is 1.65 bits per heavy atom. The van der Waals surface area contributed by atoms with Crippen molar-refractivity contribution in [3.63, 3.8) is 0 Å². The van der Waals surface area contributed by atoms with Crippen molar-refractivity contribution in [2.24, 2.45) is 5.92 Å². The first-order valence-electron chi connectivity index (χ1n) is 6.58. The van der Waals surface area contributed by atoms with Gasteiger partial charge in [-0.05, 0) is 35.3 Å². The van der Waals surface area contributed by atoms with E-state index < -0.39 is 0 Å². The summed E-state index contributed by atoms with van der Waals surface area (Å²) in [4.78, 5) is 0.629. The Bertz CT molecular complexity index is 332. The van der Waals surface area contributed by atoms with Crippen LogP contribution < -0.4 is 0 Å². The van der Waals surface area contributed by atoms with Gasteiger partial charge in [0.1, 0.15) is 0 Å². The topological polar surface area (TPSA) is 0 Å². The lowest BCUT2D eigenvalue weighted by atomic mass is 9.86. The summed E-state index contributed by atoms with van der Waals surface area (Å²) in [6.45, 7) is 11.3. The van der Waals surface area contributed by atoms with Gasteiger partial charge in [-0.2, -0.15) is 0 Å². The van der Waals surface area contributed by atoms with Gasteiger partial charge in [0.25, 0.3) is 0 Å². The van der Waals surface area contributed by atoms with Crippen LogP contribution in [-0.2, 0) is 11.8 Å². The summed E-state index contributed by atoms with van der Waals surface area (Å²) in [6.07, 6.45) is 2.36. The minimum atomic E-state index is 0.255. The maximum absolute atomic E-state index is 3.75. The summed E-state index contributed by atoms with van der Waals surface area (Å²) in [5.74, 6) is 0.695. The van der Waals surface area contributed by atoms with Crippen molar-refractivity contribution < 1.29 is 0 Å². The molecular formula is C16H25Br. The lowest BCUT2D eigenvalue weighted by Gasteiger charge is -2.20. The van der Waals surface area contributed by atoms with Crippen molar-refractivity contribution in [1.29, 1.82) is 0 Å². The highest BCUT2D eigenvalue weighted by atomic mass is 79.9. The molecule has 1 rings (SSSR count). The van der Waals surface area contributed by atoms with Crippen molar-refractivity contribution in [2.75, 3.05) is 0 Å². The van der Waals surface area contributed by atoms with Gasteiger partial charge < -0.3 is 0 Å². The Kier molecular flexibility index (Phi) is 5.24. The van der Waals surface area contributed by atoms with E-state index in [1.807, 2.05) is 0 Å². The summed E-state index contributed by atoms with van der Waals surface area (Å²) in [6, 6.07) is 9.12. The third-order valence-electron chi connectivity index (χ3n) is 3.39. The van der Waals surface area contributed by atoms with E-state index in [2.05, 4.69) is 74.8 Å². The molecule has 0 saturated heterocycles. The summed E-state index contributed by atoms with van der Waals surface area (Å²) in [7, 11) is 0. The zero-order valence-electron chi connectivity index (χ0n) is 11.8. The molecule has 2 unspecified atom stereocenters. The predicted octanol–water partition coefficient (Wildman–Crippen LogP) is 5.34. The minimum absolute atomic E-state index is 0.255. The zero-order chi connectivity index (χ0) is 13.1. The average molecular weight is 297 g/mol. The molecule has 0 nitrogen and oxygen atoms in total. The van der Waals surface area contributed by atoms with Gasteiger partial charge in [-0.1, -0.05) is 74.8 Å². The first-order chi connectivity index (χ1) is 7.84. The fourth-order valence-electron chi connectivity index (χ4n) is 2.04. The van der Waals surface area contributed by atoms with Crippen LogP contribution in [0.4, 0.5) is 0 Å². The molecule has 0 amide bonds. The first-order valence-corrected chi connectivity index (χ1v) is 7.49. The van der Waals surface area contributed by atoms with E-state index in [0.717, 1.165) is 6.42 Å².